The van der Waals surface area contributed by atoms with Gasteiger partial charge in [-0.1, -0.05) is 0 Å². The highest BCUT2D eigenvalue weighted by Gasteiger charge is 2.21. The fraction of sp³-hybridized carbons (Fsp3) is 1.00. The van der Waals surface area contributed by atoms with Crippen molar-refractivity contribution in [3.8, 4) is 0 Å². The first-order valence-electron chi connectivity index (χ1n) is 3.55. The number of nitrogens with one attached hydrogen (secondary N) is 1. The minimum atomic E-state index is -3.12. The van der Waals surface area contributed by atoms with E-state index in [0.717, 1.165) is 0 Å². The van der Waals surface area contributed by atoms with Crippen LogP contribution in [0.1, 0.15) is 20.8 Å². The number of rotatable bonds is 4. The van der Waals surface area contributed by atoms with E-state index in [2.05, 4.69) is 4.72 Å². The molecular weight excluding hydrogens is 164 g/mol. The first-order chi connectivity index (χ1) is 4.83. The molecule has 0 bridgehead atoms. The normalized spacial score (nSPS) is 13.5. The molecule has 0 aromatic carbocycles. The summed E-state index contributed by atoms with van der Waals surface area (Å²) in [6, 6.07) is 0. The van der Waals surface area contributed by atoms with Gasteiger partial charge >= 0.3 is 0 Å². The highest BCUT2D eigenvalue weighted by atomic mass is 32.2. The largest absolute Gasteiger partial charge is 0.329 e. The standard InChI is InChI=1S/C6H16N2O2S/c1-4-11(9,10)8-6(2,3)5-7/h8H,4-5,7H2,1-3H3. The van der Waals surface area contributed by atoms with E-state index in [4.69, 9.17) is 5.73 Å². The van der Waals surface area contributed by atoms with Crippen LogP contribution in [0.5, 0.6) is 0 Å². The molecule has 0 aliphatic rings. The number of nitrogens with two attached hydrogens (primary N) is 1. The van der Waals surface area contributed by atoms with Crippen LogP contribution in [-0.2, 0) is 10.0 Å². The van der Waals surface area contributed by atoms with Gasteiger partial charge in [0.25, 0.3) is 0 Å². The van der Waals surface area contributed by atoms with Gasteiger partial charge in [-0.15, -0.1) is 0 Å². The van der Waals surface area contributed by atoms with Crippen LogP contribution >= 0.6 is 0 Å². The molecule has 0 amide bonds. The SMILES string of the molecule is CCS(=O)(=O)NC(C)(C)CN. The lowest BCUT2D eigenvalue weighted by Gasteiger charge is -2.23. The fourth-order valence-electron chi connectivity index (χ4n) is 0.535. The maximum Gasteiger partial charge on any atom is 0.211 e. The Balaban J connectivity index is 4.26. The monoisotopic (exact) mass is 180 g/mol. The molecule has 4 nitrogen and oxygen atoms in total. The summed E-state index contributed by atoms with van der Waals surface area (Å²) in [6.45, 7) is 5.39. The van der Waals surface area contributed by atoms with E-state index in [1.165, 1.54) is 0 Å². The van der Waals surface area contributed by atoms with Crippen molar-refractivity contribution in [2.75, 3.05) is 12.3 Å². The molecule has 0 unspecified atom stereocenters. The quantitative estimate of drug-likeness (QED) is 0.622. The minimum Gasteiger partial charge on any atom is -0.329 e. The summed E-state index contributed by atoms with van der Waals surface area (Å²) in [5.74, 6) is 0.0937. The average molecular weight is 180 g/mol. The minimum absolute atomic E-state index is 0.0937. The summed E-state index contributed by atoms with van der Waals surface area (Å²) >= 11 is 0. The molecule has 68 valence electrons. The van der Waals surface area contributed by atoms with Crippen molar-refractivity contribution in [3.63, 3.8) is 0 Å². The topological polar surface area (TPSA) is 72.2 Å². The van der Waals surface area contributed by atoms with Crippen LogP contribution in [0.2, 0.25) is 0 Å². The van der Waals surface area contributed by atoms with Crippen molar-refractivity contribution in [1.82, 2.24) is 4.72 Å². The van der Waals surface area contributed by atoms with E-state index < -0.39 is 15.6 Å². The van der Waals surface area contributed by atoms with Gasteiger partial charge in [0.15, 0.2) is 0 Å². The Hall–Kier alpha value is -0.130. The van der Waals surface area contributed by atoms with Crippen LogP contribution in [-0.4, -0.2) is 26.3 Å². The highest BCUT2D eigenvalue weighted by molar-refractivity contribution is 7.89. The van der Waals surface area contributed by atoms with Crippen LogP contribution in [0.15, 0.2) is 0 Å². The van der Waals surface area contributed by atoms with Crippen LogP contribution in [0.3, 0.4) is 0 Å². The molecule has 0 rings (SSSR count). The Morgan fingerprint density at radius 1 is 1.45 bits per heavy atom. The Morgan fingerprint density at radius 2 is 1.91 bits per heavy atom. The maximum absolute atomic E-state index is 11.0. The number of hydrogen-bond acceptors (Lipinski definition) is 3. The van der Waals surface area contributed by atoms with Gasteiger partial charge < -0.3 is 5.73 Å². The first kappa shape index (κ1) is 10.9. The molecule has 0 radical (unpaired) electrons. The number of sulfonamides is 1. The Labute approximate surface area is 68.2 Å². The third-order valence-corrected chi connectivity index (χ3v) is 2.95. The van der Waals surface area contributed by atoms with Gasteiger partial charge in [0.05, 0.1) is 5.75 Å². The summed E-state index contributed by atoms with van der Waals surface area (Å²) in [5, 5.41) is 0. The molecule has 0 saturated heterocycles. The van der Waals surface area contributed by atoms with Gasteiger partial charge in [0.1, 0.15) is 0 Å². The second kappa shape index (κ2) is 3.51. The van der Waals surface area contributed by atoms with Crippen LogP contribution in [0, 0.1) is 0 Å². The maximum atomic E-state index is 11.0. The lowest BCUT2D eigenvalue weighted by molar-refractivity contribution is 0.463. The Morgan fingerprint density at radius 3 is 2.18 bits per heavy atom. The van der Waals surface area contributed by atoms with Crippen molar-refractivity contribution in [2.24, 2.45) is 5.73 Å². The summed E-state index contributed by atoms with van der Waals surface area (Å²) in [5.41, 5.74) is 4.81. The Bertz CT molecular complexity index is 209. The molecule has 3 N–H and O–H groups in total. The van der Waals surface area contributed by atoms with Crippen molar-refractivity contribution in [2.45, 2.75) is 26.3 Å². The van der Waals surface area contributed by atoms with Crippen LogP contribution in [0.25, 0.3) is 0 Å². The van der Waals surface area contributed by atoms with Gasteiger partial charge in [-0.05, 0) is 20.8 Å². The summed E-state index contributed by atoms with van der Waals surface area (Å²) < 4.78 is 24.5. The second-order valence-corrected chi connectivity index (χ2v) is 5.10. The highest BCUT2D eigenvalue weighted by Crippen LogP contribution is 2.01. The van der Waals surface area contributed by atoms with Crippen molar-refractivity contribution in [1.29, 1.82) is 0 Å². The Kier molecular flexibility index (Phi) is 3.47. The van der Waals surface area contributed by atoms with Gasteiger partial charge in [-0.25, -0.2) is 13.1 Å². The predicted octanol–water partition coefficient (Wildman–Crippen LogP) is -0.337. The third kappa shape index (κ3) is 4.34. The van der Waals surface area contributed by atoms with E-state index in [9.17, 15) is 8.42 Å². The predicted molar refractivity (Wildman–Crippen MR) is 45.7 cm³/mol. The van der Waals surface area contributed by atoms with Crippen LogP contribution in [0.4, 0.5) is 0 Å². The first-order valence-corrected chi connectivity index (χ1v) is 5.20. The van der Waals surface area contributed by atoms with Gasteiger partial charge in [-0.2, -0.15) is 0 Å². The smallest absolute Gasteiger partial charge is 0.211 e. The molecule has 0 aliphatic carbocycles. The van der Waals surface area contributed by atoms with E-state index in [0.29, 0.717) is 6.54 Å². The average Bonchev–Trinajstić information content (AvgIpc) is 1.86. The molecular formula is C6H16N2O2S. The third-order valence-electron chi connectivity index (χ3n) is 1.32. The van der Waals surface area contributed by atoms with Gasteiger partial charge in [0, 0.05) is 12.1 Å². The molecule has 0 saturated carbocycles. The zero-order valence-corrected chi connectivity index (χ0v) is 8.03. The van der Waals surface area contributed by atoms with E-state index >= 15 is 0 Å². The van der Waals surface area contributed by atoms with Gasteiger partial charge in [0.2, 0.25) is 10.0 Å². The van der Waals surface area contributed by atoms with E-state index in [-0.39, 0.29) is 5.75 Å². The fourth-order valence-corrected chi connectivity index (χ4v) is 1.60. The zero-order valence-electron chi connectivity index (χ0n) is 7.22. The van der Waals surface area contributed by atoms with Crippen molar-refractivity contribution >= 4 is 10.0 Å². The molecule has 0 fully saturated rings. The molecule has 0 heterocycles. The molecule has 0 aliphatic heterocycles. The summed E-state index contributed by atoms with van der Waals surface area (Å²) in [4.78, 5) is 0. The molecule has 0 atom stereocenters. The van der Waals surface area contributed by atoms with E-state index in [1.807, 2.05) is 0 Å². The summed E-state index contributed by atoms with van der Waals surface area (Å²) in [7, 11) is -3.12. The lowest BCUT2D eigenvalue weighted by Crippen LogP contribution is -2.49. The van der Waals surface area contributed by atoms with Crippen LogP contribution < -0.4 is 10.5 Å². The van der Waals surface area contributed by atoms with Gasteiger partial charge in [-0.3, -0.25) is 0 Å². The van der Waals surface area contributed by atoms with Crippen molar-refractivity contribution < 1.29 is 8.42 Å². The molecule has 0 aromatic heterocycles. The van der Waals surface area contributed by atoms with Crippen molar-refractivity contribution in [3.05, 3.63) is 0 Å². The molecule has 11 heavy (non-hydrogen) atoms. The zero-order chi connectivity index (χ0) is 9.12. The lowest BCUT2D eigenvalue weighted by atomic mass is 10.1. The molecule has 5 heteroatoms. The molecule has 0 aromatic rings. The summed E-state index contributed by atoms with van der Waals surface area (Å²) in [6.07, 6.45) is 0. The van der Waals surface area contributed by atoms with E-state index in [1.54, 1.807) is 20.8 Å². The molecule has 0 spiro atoms. The second-order valence-electron chi connectivity index (χ2n) is 3.09. The number of hydrogen-bond donors (Lipinski definition) is 2.